The zero-order valence-corrected chi connectivity index (χ0v) is 9.16. The topological polar surface area (TPSA) is 12.0 Å². The van der Waals surface area contributed by atoms with Crippen molar-refractivity contribution < 1.29 is 0 Å². The summed E-state index contributed by atoms with van der Waals surface area (Å²) in [5.74, 6) is 0. The second-order valence-corrected chi connectivity index (χ2v) is 2.96. The van der Waals surface area contributed by atoms with E-state index in [4.69, 9.17) is 0 Å². The van der Waals surface area contributed by atoms with Gasteiger partial charge >= 0.3 is 0 Å². The van der Waals surface area contributed by atoms with E-state index in [0.29, 0.717) is 0 Å². The lowest BCUT2D eigenvalue weighted by Crippen LogP contribution is -2.15. The Kier molecular flexibility index (Phi) is 20.7. The normalized spacial score (nSPS) is 9.00. The van der Waals surface area contributed by atoms with Crippen molar-refractivity contribution in [3.05, 3.63) is 6.92 Å². The van der Waals surface area contributed by atoms with Gasteiger partial charge in [0.2, 0.25) is 0 Å². The molecule has 0 aliphatic rings. The Morgan fingerprint density at radius 3 is 1.50 bits per heavy atom. The van der Waals surface area contributed by atoms with E-state index < -0.39 is 0 Å². The highest BCUT2D eigenvalue weighted by atomic mass is 14.8. The summed E-state index contributed by atoms with van der Waals surface area (Å²) in [5, 5.41) is 3.39. The molecule has 75 valence electrons. The Hall–Kier alpha value is -0.0400. The maximum Gasteiger partial charge on any atom is -0.00490 e. The van der Waals surface area contributed by atoms with Gasteiger partial charge in [0.25, 0.3) is 0 Å². The monoisotopic (exact) mass is 172 g/mol. The quantitative estimate of drug-likeness (QED) is 0.605. The van der Waals surface area contributed by atoms with Gasteiger partial charge in [-0.1, -0.05) is 47.0 Å². The van der Waals surface area contributed by atoms with Gasteiger partial charge in [-0.05, 0) is 25.9 Å². The van der Waals surface area contributed by atoms with Crippen molar-refractivity contribution in [2.75, 3.05) is 13.1 Å². The summed E-state index contributed by atoms with van der Waals surface area (Å²) in [5.41, 5.74) is 0. The maximum atomic E-state index is 3.49. The molecule has 0 heterocycles. The highest BCUT2D eigenvalue weighted by Crippen LogP contribution is 1.85. The van der Waals surface area contributed by atoms with E-state index in [9.17, 15) is 0 Å². The average Bonchev–Trinajstić information content (AvgIpc) is 2.06. The Labute approximate surface area is 78.9 Å². The molecule has 0 bridgehead atoms. The van der Waals surface area contributed by atoms with Crippen molar-refractivity contribution in [1.29, 1.82) is 0 Å². The molecular weight excluding hydrogens is 146 g/mol. The van der Waals surface area contributed by atoms with E-state index in [1.165, 1.54) is 38.8 Å². The fourth-order valence-corrected chi connectivity index (χ4v) is 0.729. The predicted octanol–water partition coefficient (Wildman–Crippen LogP) is 3.41. The van der Waals surface area contributed by atoms with Crippen LogP contribution >= 0.6 is 0 Å². The Morgan fingerprint density at radius 1 is 0.917 bits per heavy atom. The van der Waals surface area contributed by atoms with Crippen LogP contribution in [0.2, 0.25) is 0 Å². The van der Waals surface area contributed by atoms with Gasteiger partial charge in [0.05, 0.1) is 0 Å². The van der Waals surface area contributed by atoms with Crippen molar-refractivity contribution in [2.45, 2.75) is 52.9 Å². The summed E-state index contributed by atoms with van der Waals surface area (Å²) in [6.45, 7) is 12.4. The third-order valence-corrected chi connectivity index (χ3v) is 1.41. The lowest BCUT2D eigenvalue weighted by atomic mass is 10.3. The lowest BCUT2D eigenvalue weighted by molar-refractivity contribution is 0.611. The van der Waals surface area contributed by atoms with Gasteiger partial charge in [0, 0.05) is 0 Å². The van der Waals surface area contributed by atoms with Crippen molar-refractivity contribution in [3.63, 3.8) is 0 Å². The summed E-state index contributed by atoms with van der Waals surface area (Å²) in [6, 6.07) is 0. The van der Waals surface area contributed by atoms with Crippen LogP contribution in [0.15, 0.2) is 0 Å². The van der Waals surface area contributed by atoms with E-state index in [1.54, 1.807) is 0 Å². The molecule has 0 aliphatic heterocycles. The van der Waals surface area contributed by atoms with E-state index in [0.717, 1.165) is 6.42 Å². The number of unbranched alkanes of at least 4 members (excludes halogenated alkanes) is 2. The van der Waals surface area contributed by atoms with E-state index in [1.807, 2.05) is 6.92 Å². The molecule has 0 spiro atoms. The first-order valence-electron chi connectivity index (χ1n) is 5.33. The van der Waals surface area contributed by atoms with Crippen LogP contribution in [0.4, 0.5) is 0 Å². The number of rotatable bonds is 6. The molecule has 0 saturated carbocycles. The third-order valence-electron chi connectivity index (χ3n) is 1.41. The SMILES string of the molecule is CCCCNCCCC.[CH2]CC. The molecular formula is C11H26N. The summed E-state index contributed by atoms with van der Waals surface area (Å²) < 4.78 is 0. The summed E-state index contributed by atoms with van der Waals surface area (Å²) in [6.07, 6.45) is 6.26. The summed E-state index contributed by atoms with van der Waals surface area (Å²) in [7, 11) is 0. The number of nitrogens with one attached hydrogen (secondary N) is 1. The zero-order chi connectivity index (χ0) is 9.66. The minimum absolute atomic E-state index is 1.00. The largest absolute Gasteiger partial charge is 0.317 e. The highest BCUT2D eigenvalue weighted by molar-refractivity contribution is 4.45. The second-order valence-electron chi connectivity index (χ2n) is 2.96. The first-order valence-corrected chi connectivity index (χ1v) is 5.33. The minimum Gasteiger partial charge on any atom is -0.317 e. The molecule has 1 nitrogen and oxygen atoms in total. The van der Waals surface area contributed by atoms with Crippen LogP contribution in [0.25, 0.3) is 0 Å². The molecule has 0 aromatic rings. The van der Waals surface area contributed by atoms with Gasteiger partial charge < -0.3 is 5.32 Å². The van der Waals surface area contributed by atoms with Crippen LogP contribution in [0.5, 0.6) is 0 Å². The first kappa shape index (κ1) is 14.5. The molecule has 0 fully saturated rings. The lowest BCUT2D eigenvalue weighted by Gasteiger charge is -1.99. The van der Waals surface area contributed by atoms with Crippen LogP contribution in [0.1, 0.15) is 52.9 Å². The van der Waals surface area contributed by atoms with Gasteiger partial charge in [0.15, 0.2) is 0 Å². The van der Waals surface area contributed by atoms with Crippen molar-refractivity contribution >= 4 is 0 Å². The van der Waals surface area contributed by atoms with Gasteiger partial charge in [-0.15, -0.1) is 0 Å². The molecule has 1 radical (unpaired) electrons. The van der Waals surface area contributed by atoms with Crippen LogP contribution in [0.3, 0.4) is 0 Å². The fourth-order valence-electron chi connectivity index (χ4n) is 0.729. The molecule has 1 heteroatoms. The molecule has 0 atom stereocenters. The Bertz CT molecular complexity index is 47.0. The summed E-state index contributed by atoms with van der Waals surface area (Å²) >= 11 is 0. The van der Waals surface area contributed by atoms with Crippen LogP contribution < -0.4 is 5.32 Å². The standard InChI is InChI=1S/C8H19N.C3H7/c1-3-5-7-9-8-6-4-2;1-3-2/h9H,3-8H2,1-2H3;1,3H2,2H3. The van der Waals surface area contributed by atoms with E-state index in [2.05, 4.69) is 26.1 Å². The average molecular weight is 172 g/mol. The first-order chi connectivity index (χ1) is 5.83. The Balaban J connectivity index is 0. The van der Waals surface area contributed by atoms with Crippen LogP contribution in [0, 0.1) is 6.92 Å². The number of hydrogen-bond acceptors (Lipinski definition) is 1. The predicted molar refractivity (Wildman–Crippen MR) is 58.3 cm³/mol. The van der Waals surface area contributed by atoms with Crippen molar-refractivity contribution in [3.8, 4) is 0 Å². The smallest absolute Gasteiger partial charge is 0.00490 e. The second kappa shape index (κ2) is 17.2. The third kappa shape index (κ3) is 22.5. The fraction of sp³-hybridized carbons (Fsp3) is 0.909. The minimum atomic E-state index is 1.00. The van der Waals surface area contributed by atoms with E-state index in [-0.39, 0.29) is 0 Å². The summed E-state index contributed by atoms with van der Waals surface area (Å²) in [4.78, 5) is 0. The number of hydrogen-bond donors (Lipinski definition) is 1. The Morgan fingerprint density at radius 2 is 1.25 bits per heavy atom. The molecule has 0 saturated heterocycles. The van der Waals surface area contributed by atoms with Crippen molar-refractivity contribution in [1.82, 2.24) is 5.32 Å². The van der Waals surface area contributed by atoms with Gasteiger partial charge in [-0.25, -0.2) is 0 Å². The molecule has 0 aromatic carbocycles. The van der Waals surface area contributed by atoms with Gasteiger partial charge in [-0.2, -0.15) is 0 Å². The van der Waals surface area contributed by atoms with E-state index >= 15 is 0 Å². The molecule has 0 unspecified atom stereocenters. The molecule has 0 aromatic heterocycles. The van der Waals surface area contributed by atoms with Crippen molar-refractivity contribution in [2.24, 2.45) is 0 Å². The molecule has 0 aliphatic carbocycles. The van der Waals surface area contributed by atoms with Crippen LogP contribution in [-0.4, -0.2) is 13.1 Å². The molecule has 12 heavy (non-hydrogen) atoms. The molecule has 0 rings (SSSR count). The highest BCUT2D eigenvalue weighted by Gasteiger charge is 1.83. The molecule has 1 N–H and O–H groups in total. The van der Waals surface area contributed by atoms with Gasteiger partial charge in [-0.3, -0.25) is 0 Å². The van der Waals surface area contributed by atoms with Gasteiger partial charge in [0.1, 0.15) is 0 Å². The van der Waals surface area contributed by atoms with Crippen LogP contribution in [-0.2, 0) is 0 Å². The molecule has 0 amide bonds. The zero-order valence-electron chi connectivity index (χ0n) is 9.16. The maximum absolute atomic E-state index is 3.49.